The molecular weight excluding hydrogens is 696 g/mol. The van der Waals surface area contributed by atoms with E-state index in [0.717, 1.165) is 5.32 Å². The summed E-state index contributed by atoms with van der Waals surface area (Å²) < 4.78 is 72.4. The highest BCUT2D eigenvalue weighted by Gasteiger charge is 2.52. The van der Waals surface area contributed by atoms with Crippen LogP contribution in [-0.2, 0) is 25.6 Å². The molecule has 0 fully saturated rings. The molecular formula is C34H34Cl2F5N3O5. The second-order valence-corrected chi connectivity index (χ2v) is 12.3. The van der Waals surface area contributed by atoms with Crippen LogP contribution >= 0.6 is 23.2 Å². The molecule has 3 aromatic carbocycles. The van der Waals surface area contributed by atoms with Crippen molar-refractivity contribution in [1.29, 1.82) is 0 Å². The molecule has 3 rings (SSSR count). The fraction of sp³-hybridized carbons (Fsp3) is 0.353. The van der Waals surface area contributed by atoms with Crippen molar-refractivity contribution in [2.24, 2.45) is 5.92 Å². The zero-order valence-electron chi connectivity index (χ0n) is 26.5. The molecule has 0 saturated carbocycles. The molecule has 8 nitrogen and oxygen atoms in total. The lowest BCUT2D eigenvalue weighted by atomic mass is 9.88. The first-order chi connectivity index (χ1) is 22.9. The lowest BCUT2D eigenvalue weighted by Crippen LogP contribution is -2.59. The van der Waals surface area contributed by atoms with Crippen molar-refractivity contribution in [1.82, 2.24) is 16.0 Å². The van der Waals surface area contributed by atoms with Crippen molar-refractivity contribution in [3.63, 3.8) is 0 Å². The van der Waals surface area contributed by atoms with E-state index in [-0.39, 0.29) is 17.9 Å². The van der Waals surface area contributed by atoms with Crippen molar-refractivity contribution in [3.05, 3.63) is 99.5 Å². The fourth-order valence-corrected chi connectivity index (χ4v) is 5.19. The SMILES string of the molecule is COc1ccc(C(CC(=O)NC(Cc2ccccc2)C(=O)N[C@H](C(=O)C(F)(F)C(=O)NCC(F)(F)F)C(C)C)c2ccc(Cl)c(Cl)c2)cc1. The molecule has 0 spiro atoms. The molecule has 0 heterocycles. The summed E-state index contributed by atoms with van der Waals surface area (Å²) in [6.45, 7) is 0.514. The van der Waals surface area contributed by atoms with Gasteiger partial charge in [-0.1, -0.05) is 85.6 Å². The van der Waals surface area contributed by atoms with Crippen molar-refractivity contribution >= 4 is 46.7 Å². The van der Waals surface area contributed by atoms with E-state index in [1.54, 1.807) is 72.8 Å². The Kier molecular flexibility index (Phi) is 13.5. The van der Waals surface area contributed by atoms with Crippen LogP contribution < -0.4 is 20.7 Å². The molecule has 15 heteroatoms. The molecule has 0 aliphatic heterocycles. The van der Waals surface area contributed by atoms with Gasteiger partial charge >= 0.3 is 12.1 Å². The van der Waals surface area contributed by atoms with E-state index in [1.165, 1.54) is 21.0 Å². The molecule has 0 saturated heterocycles. The average Bonchev–Trinajstić information content (AvgIpc) is 3.05. The largest absolute Gasteiger partial charge is 0.497 e. The number of carbonyl (C=O) groups excluding carboxylic acids is 4. The van der Waals surface area contributed by atoms with Crippen LogP contribution in [0.25, 0.3) is 0 Å². The summed E-state index contributed by atoms with van der Waals surface area (Å²) in [5.74, 6) is -12.2. The first-order valence-electron chi connectivity index (χ1n) is 14.9. The third-order valence-corrected chi connectivity index (χ3v) is 8.22. The van der Waals surface area contributed by atoms with Gasteiger partial charge in [-0.15, -0.1) is 0 Å². The zero-order valence-corrected chi connectivity index (χ0v) is 28.1. The predicted molar refractivity (Wildman–Crippen MR) is 174 cm³/mol. The second-order valence-electron chi connectivity index (χ2n) is 11.5. The van der Waals surface area contributed by atoms with Gasteiger partial charge in [0.25, 0.3) is 5.91 Å². The molecule has 0 aliphatic carbocycles. The molecule has 0 aromatic heterocycles. The van der Waals surface area contributed by atoms with E-state index in [4.69, 9.17) is 27.9 Å². The van der Waals surface area contributed by atoms with Gasteiger partial charge in [-0.05, 0) is 46.9 Å². The van der Waals surface area contributed by atoms with Gasteiger partial charge in [0.1, 0.15) is 18.3 Å². The number of rotatable bonds is 15. The van der Waals surface area contributed by atoms with Crippen molar-refractivity contribution in [2.45, 2.75) is 56.8 Å². The van der Waals surface area contributed by atoms with Gasteiger partial charge in [0.05, 0.1) is 23.2 Å². The number of benzene rings is 3. The number of amides is 3. The van der Waals surface area contributed by atoms with Crippen LogP contribution in [0.1, 0.15) is 42.9 Å². The molecule has 3 N–H and O–H groups in total. The summed E-state index contributed by atoms with van der Waals surface area (Å²) in [5, 5.41) is 6.35. The molecule has 264 valence electrons. The van der Waals surface area contributed by atoms with Crippen LogP contribution in [0.15, 0.2) is 72.8 Å². The number of hydrogen-bond donors (Lipinski definition) is 3. The quantitative estimate of drug-likeness (QED) is 0.126. The number of halogens is 7. The zero-order chi connectivity index (χ0) is 36.5. The minimum absolute atomic E-state index is 0.125. The maximum absolute atomic E-state index is 14.8. The van der Waals surface area contributed by atoms with Crippen LogP contribution in [0, 0.1) is 5.92 Å². The summed E-state index contributed by atoms with van der Waals surface area (Å²) in [6, 6.07) is 16.7. The third kappa shape index (κ3) is 11.1. The number of Topliss-reactive ketones (excluding diaryl/α,β-unsaturated/α-hetero) is 1. The number of hydrogen-bond acceptors (Lipinski definition) is 5. The van der Waals surface area contributed by atoms with E-state index < -0.39 is 66.1 Å². The van der Waals surface area contributed by atoms with Gasteiger partial charge in [-0.25, -0.2) is 0 Å². The van der Waals surface area contributed by atoms with Gasteiger partial charge in [-0.3, -0.25) is 19.2 Å². The maximum atomic E-state index is 14.8. The summed E-state index contributed by atoms with van der Waals surface area (Å²) in [4.78, 5) is 52.0. The molecule has 0 aliphatic rings. The number of nitrogens with one attached hydrogen (secondary N) is 3. The van der Waals surface area contributed by atoms with E-state index in [1.807, 2.05) is 0 Å². The molecule has 49 heavy (non-hydrogen) atoms. The number of ether oxygens (including phenoxy) is 1. The number of carbonyl (C=O) groups is 4. The Bertz CT molecular complexity index is 1620. The highest BCUT2D eigenvalue weighted by atomic mass is 35.5. The van der Waals surface area contributed by atoms with Gasteiger partial charge < -0.3 is 20.7 Å². The third-order valence-electron chi connectivity index (χ3n) is 7.48. The Morgan fingerprint density at radius 2 is 1.43 bits per heavy atom. The molecule has 3 amide bonds. The van der Waals surface area contributed by atoms with Crippen LogP contribution in [0.3, 0.4) is 0 Å². The van der Waals surface area contributed by atoms with Crippen LogP contribution in [0.5, 0.6) is 5.75 Å². The van der Waals surface area contributed by atoms with Crippen molar-refractivity contribution in [3.8, 4) is 5.75 Å². The van der Waals surface area contributed by atoms with Gasteiger partial charge in [0, 0.05) is 18.8 Å². The summed E-state index contributed by atoms with van der Waals surface area (Å²) in [7, 11) is 1.50. The maximum Gasteiger partial charge on any atom is 0.405 e. The topological polar surface area (TPSA) is 114 Å². The molecule has 3 aromatic rings. The lowest BCUT2D eigenvalue weighted by Gasteiger charge is -2.28. The normalized spacial score (nSPS) is 13.6. The molecule has 3 atom stereocenters. The highest BCUT2D eigenvalue weighted by Crippen LogP contribution is 2.33. The van der Waals surface area contributed by atoms with E-state index in [0.29, 0.717) is 27.5 Å². The summed E-state index contributed by atoms with van der Waals surface area (Å²) >= 11 is 12.4. The van der Waals surface area contributed by atoms with Gasteiger partial charge in [0.2, 0.25) is 17.6 Å². The fourth-order valence-electron chi connectivity index (χ4n) is 4.88. The predicted octanol–water partition coefficient (Wildman–Crippen LogP) is 6.28. The van der Waals surface area contributed by atoms with Gasteiger partial charge in [0.15, 0.2) is 0 Å². The smallest absolute Gasteiger partial charge is 0.405 e. The lowest BCUT2D eigenvalue weighted by molar-refractivity contribution is -0.165. The monoisotopic (exact) mass is 729 g/mol. The van der Waals surface area contributed by atoms with Crippen molar-refractivity contribution in [2.75, 3.05) is 13.7 Å². The van der Waals surface area contributed by atoms with E-state index in [2.05, 4.69) is 10.6 Å². The minimum Gasteiger partial charge on any atom is -0.497 e. The van der Waals surface area contributed by atoms with E-state index >= 15 is 0 Å². The minimum atomic E-state index is -5.00. The van der Waals surface area contributed by atoms with Crippen LogP contribution in [-0.4, -0.2) is 61.3 Å². The molecule has 2 unspecified atom stereocenters. The van der Waals surface area contributed by atoms with Crippen LogP contribution in [0.4, 0.5) is 22.0 Å². The first-order valence-corrected chi connectivity index (χ1v) is 15.7. The Hall–Kier alpha value is -4.23. The number of ketones is 1. The first kappa shape index (κ1) is 39.2. The molecule has 0 radical (unpaired) electrons. The Morgan fingerprint density at radius 3 is 1.98 bits per heavy atom. The standard InChI is InChI=1S/C34H34Cl2F5N3O5/c1-19(2)29(30(46)34(40,41)32(48)42-18-33(37,38)39)44-31(47)27(15-20-7-5-4-6-8-20)43-28(45)17-24(21-9-12-23(49-3)13-10-21)22-11-14-25(35)26(36)16-22/h4-14,16,19,24,27,29H,15,17-18H2,1-3H3,(H,42,48)(H,43,45)(H,44,47)/t24?,27?,29-/m0/s1. The summed E-state index contributed by atoms with van der Waals surface area (Å²) in [6.07, 6.45) is -5.35. The second kappa shape index (κ2) is 16.9. The number of alkyl halides is 5. The highest BCUT2D eigenvalue weighted by molar-refractivity contribution is 6.42. The summed E-state index contributed by atoms with van der Waals surface area (Å²) in [5.41, 5.74) is 1.88. The molecule has 0 bridgehead atoms. The van der Waals surface area contributed by atoms with Crippen molar-refractivity contribution < 1.29 is 45.9 Å². The Balaban J connectivity index is 1.89. The van der Waals surface area contributed by atoms with E-state index in [9.17, 15) is 41.1 Å². The average molecular weight is 731 g/mol. The Morgan fingerprint density at radius 1 is 0.816 bits per heavy atom. The van der Waals surface area contributed by atoms with Gasteiger partial charge in [-0.2, -0.15) is 22.0 Å². The van der Waals surface area contributed by atoms with Crippen LogP contribution in [0.2, 0.25) is 10.0 Å². The number of methoxy groups -OCH3 is 1. The Labute approximate surface area is 289 Å².